The van der Waals surface area contributed by atoms with E-state index in [1.165, 1.54) is 12.8 Å². The van der Waals surface area contributed by atoms with E-state index in [4.69, 9.17) is 32.4 Å². The molecule has 2 saturated heterocycles. The molecule has 1 aromatic heterocycles. The number of nitrogens with zero attached hydrogens (tertiary/aromatic N) is 2. The van der Waals surface area contributed by atoms with E-state index in [2.05, 4.69) is 9.88 Å². The average molecular weight is 431 g/mol. The van der Waals surface area contributed by atoms with E-state index in [9.17, 15) is 4.79 Å². The summed E-state index contributed by atoms with van der Waals surface area (Å²) in [7, 11) is 0. The zero-order chi connectivity index (χ0) is 20.0. The number of hydrogen-bond donors (Lipinski definition) is 0. The summed E-state index contributed by atoms with van der Waals surface area (Å²) in [5, 5.41) is 1.01. The Hall–Kier alpha value is -2.08. The number of ether oxygens (including phenoxy) is 1. The third kappa shape index (κ3) is 3.75. The van der Waals surface area contributed by atoms with Gasteiger partial charge in [0.05, 0.1) is 5.56 Å². The van der Waals surface area contributed by atoms with Crippen molar-refractivity contribution in [3.8, 4) is 11.5 Å². The lowest BCUT2D eigenvalue weighted by Gasteiger charge is -2.31. The molecule has 2 aliphatic rings. The summed E-state index contributed by atoms with van der Waals surface area (Å²) in [6.45, 7) is 2.12. The zero-order valence-electron chi connectivity index (χ0n) is 15.7. The van der Waals surface area contributed by atoms with Gasteiger partial charge >= 0.3 is 5.97 Å². The summed E-state index contributed by atoms with van der Waals surface area (Å²) in [6, 6.07) is 10.7. The van der Waals surface area contributed by atoms with Crippen LogP contribution in [0.5, 0.6) is 0 Å². The minimum Gasteiger partial charge on any atom is -0.457 e. The van der Waals surface area contributed by atoms with E-state index >= 15 is 0 Å². The van der Waals surface area contributed by atoms with Gasteiger partial charge in [0.25, 0.3) is 0 Å². The van der Waals surface area contributed by atoms with Crippen LogP contribution >= 0.6 is 23.2 Å². The topological polar surface area (TPSA) is 55.6 Å². The molecule has 5 nitrogen and oxygen atoms in total. The van der Waals surface area contributed by atoms with Crippen LogP contribution < -0.4 is 0 Å². The lowest BCUT2D eigenvalue weighted by molar-refractivity contribution is 0.0157. The summed E-state index contributed by atoms with van der Waals surface area (Å²) in [6.07, 6.45) is 4.41. The van der Waals surface area contributed by atoms with Gasteiger partial charge < -0.3 is 9.15 Å². The van der Waals surface area contributed by atoms with Crippen LogP contribution in [0.15, 0.2) is 40.8 Å². The molecule has 0 N–H and O–H groups in total. The van der Waals surface area contributed by atoms with Crippen molar-refractivity contribution < 1.29 is 13.9 Å². The van der Waals surface area contributed by atoms with Crippen LogP contribution in [0.2, 0.25) is 10.0 Å². The number of oxazole rings is 1. The Kier molecular flexibility index (Phi) is 4.98. The van der Waals surface area contributed by atoms with Gasteiger partial charge in [0.2, 0.25) is 5.89 Å². The lowest BCUT2D eigenvalue weighted by Crippen LogP contribution is -2.40. The SMILES string of the molecule is O=C(OC1CCN2CCCCC12)c1ccc2nc(-c3cc(Cl)cc(Cl)c3)oc2c1. The Morgan fingerprint density at radius 2 is 1.90 bits per heavy atom. The van der Waals surface area contributed by atoms with Gasteiger partial charge in [-0.25, -0.2) is 9.78 Å². The molecule has 5 rings (SSSR count). The molecule has 0 aliphatic carbocycles. The molecule has 7 heteroatoms. The fourth-order valence-corrected chi connectivity index (χ4v) is 4.92. The molecular formula is C22H20Cl2N2O3. The predicted octanol–water partition coefficient (Wildman–Crippen LogP) is 5.59. The number of fused-ring (bicyclic) bond motifs is 2. The molecule has 3 heterocycles. The molecule has 29 heavy (non-hydrogen) atoms. The molecule has 0 bridgehead atoms. The highest BCUT2D eigenvalue weighted by Gasteiger charge is 2.38. The fourth-order valence-electron chi connectivity index (χ4n) is 4.40. The maximum atomic E-state index is 12.7. The van der Waals surface area contributed by atoms with Crippen LogP contribution in [0.25, 0.3) is 22.6 Å². The van der Waals surface area contributed by atoms with Crippen molar-refractivity contribution in [1.29, 1.82) is 0 Å². The highest BCUT2D eigenvalue weighted by molar-refractivity contribution is 6.35. The third-order valence-electron chi connectivity index (χ3n) is 5.79. The number of hydrogen-bond acceptors (Lipinski definition) is 5. The monoisotopic (exact) mass is 430 g/mol. The highest BCUT2D eigenvalue weighted by atomic mass is 35.5. The fraction of sp³-hybridized carbons (Fsp3) is 0.364. The normalized spacial score (nSPS) is 22.0. The second-order valence-electron chi connectivity index (χ2n) is 7.69. The Morgan fingerprint density at radius 3 is 2.72 bits per heavy atom. The summed E-state index contributed by atoms with van der Waals surface area (Å²) in [4.78, 5) is 19.7. The molecule has 150 valence electrons. The molecular weight excluding hydrogens is 411 g/mol. The molecule has 2 aliphatic heterocycles. The summed E-state index contributed by atoms with van der Waals surface area (Å²) < 4.78 is 11.7. The number of aromatic nitrogens is 1. The van der Waals surface area contributed by atoms with E-state index < -0.39 is 0 Å². The van der Waals surface area contributed by atoms with Crippen LogP contribution in [0.4, 0.5) is 0 Å². The Bertz CT molecular complexity index is 1060. The first-order valence-electron chi connectivity index (χ1n) is 9.89. The maximum Gasteiger partial charge on any atom is 0.338 e. The van der Waals surface area contributed by atoms with Gasteiger partial charge in [0.15, 0.2) is 5.58 Å². The number of piperidine rings is 1. The standard InChI is InChI=1S/C22H20Cl2N2O3/c23-15-9-14(10-16(24)12-15)21-25-17-5-4-13(11-20(17)28-21)22(27)29-19-6-8-26-7-2-1-3-18(19)26/h4-5,9-12,18-19H,1-3,6-8H2. The van der Waals surface area contributed by atoms with Crippen molar-refractivity contribution in [2.75, 3.05) is 13.1 Å². The molecule has 2 fully saturated rings. The van der Waals surface area contributed by atoms with Crippen molar-refractivity contribution in [1.82, 2.24) is 9.88 Å². The Morgan fingerprint density at radius 1 is 1.07 bits per heavy atom. The van der Waals surface area contributed by atoms with Crippen molar-refractivity contribution in [2.45, 2.75) is 37.8 Å². The maximum absolute atomic E-state index is 12.7. The van der Waals surface area contributed by atoms with Crippen LogP contribution in [-0.2, 0) is 4.74 Å². The summed E-state index contributed by atoms with van der Waals surface area (Å²) in [5.41, 5.74) is 2.34. The number of rotatable bonds is 3. The van der Waals surface area contributed by atoms with E-state index in [-0.39, 0.29) is 12.1 Å². The van der Waals surface area contributed by atoms with Crippen molar-refractivity contribution >= 4 is 40.3 Å². The first kappa shape index (κ1) is 18.9. The molecule has 0 saturated carbocycles. The summed E-state index contributed by atoms with van der Waals surface area (Å²) >= 11 is 12.2. The van der Waals surface area contributed by atoms with Crippen LogP contribution in [0.3, 0.4) is 0 Å². The van der Waals surface area contributed by atoms with Gasteiger partial charge in [-0.15, -0.1) is 0 Å². The largest absolute Gasteiger partial charge is 0.457 e. The van der Waals surface area contributed by atoms with E-state index in [0.717, 1.165) is 25.9 Å². The van der Waals surface area contributed by atoms with Gasteiger partial charge in [-0.2, -0.15) is 0 Å². The van der Waals surface area contributed by atoms with Gasteiger partial charge in [0, 0.05) is 28.2 Å². The van der Waals surface area contributed by atoms with Crippen molar-refractivity contribution in [3.63, 3.8) is 0 Å². The quantitative estimate of drug-likeness (QED) is 0.507. The number of esters is 1. The first-order chi connectivity index (χ1) is 14.1. The second kappa shape index (κ2) is 7.63. The first-order valence-corrected chi connectivity index (χ1v) is 10.6. The summed E-state index contributed by atoms with van der Waals surface area (Å²) in [5.74, 6) is 0.0941. The average Bonchev–Trinajstić information content (AvgIpc) is 3.31. The zero-order valence-corrected chi connectivity index (χ0v) is 17.2. The molecule has 0 amide bonds. The van der Waals surface area contributed by atoms with Gasteiger partial charge in [-0.1, -0.05) is 29.6 Å². The Labute approximate surface area is 178 Å². The molecule has 3 aromatic rings. The molecule has 2 aromatic carbocycles. The van der Waals surface area contributed by atoms with Gasteiger partial charge in [-0.05, 0) is 62.2 Å². The lowest BCUT2D eigenvalue weighted by atomic mass is 10.0. The number of carbonyl (C=O) groups is 1. The van der Waals surface area contributed by atoms with Crippen molar-refractivity contribution in [3.05, 3.63) is 52.0 Å². The van der Waals surface area contributed by atoms with Gasteiger partial charge in [0.1, 0.15) is 11.6 Å². The van der Waals surface area contributed by atoms with E-state index in [1.54, 1.807) is 36.4 Å². The number of halogens is 2. The molecule has 2 unspecified atom stereocenters. The van der Waals surface area contributed by atoms with Crippen LogP contribution in [0.1, 0.15) is 36.0 Å². The number of carbonyl (C=O) groups excluding carboxylic acids is 1. The number of benzene rings is 2. The second-order valence-corrected chi connectivity index (χ2v) is 8.56. The smallest absolute Gasteiger partial charge is 0.338 e. The molecule has 2 atom stereocenters. The predicted molar refractivity (Wildman–Crippen MR) is 112 cm³/mol. The minimum absolute atomic E-state index is 0.0302. The third-order valence-corrected chi connectivity index (χ3v) is 6.22. The van der Waals surface area contributed by atoms with Crippen LogP contribution in [-0.4, -0.2) is 41.1 Å². The van der Waals surface area contributed by atoms with E-state index in [0.29, 0.717) is 44.2 Å². The van der Waals surface area contributed by atoms with Crippen molar-refractivity contribution in [2.24, 2.45) is 0 Å². The van der Waals surface area contributed by atoms with E-state index in [1.807, 2.05) is 0 Å². The highest BCUT2D eigenvalue weighted by Crippen LogP contribution is 2.31. The molecule has 0 spiro atoms. The van der Waals surface area contributed by atoms with Gasteiger partial charge in [-0.3, -0.25) is 4.90 Å². The Balaban J connectivity index is 1.37. The van der Waals surface area contributed by atoms with Crippen LogP contribution in [0, 0.1) is 0 Å². The minimum atomic E-state index is -0.312. The molecule has 0 radical (unpaired) electrons.